The Balaban J connectivity index is 2.40. The molecule has 1 N–H and O–H groups in total. The molecule has 0 aliphatic heterocycles. The van der Waals surface area contributed by atoms with Gasteiger partial charge in [0.05, 0.1) is 5.69 Å². The number of anilines is 2. The van der Waals surface area contributed by atoms with Gasteiger partial charge >= 0.3 is 0 Å². The number of halogens is 1. The van der Waals surface area contributed by atoms with E-state index in [0.717, 1.165) is 17.8 Å². The molecule has 0 aliphatic carbocycles. The fourth-order valence-corrected chi connectivity index (χ4v) is 2.40. The highest BCUT2D eigenvalue weighted by atomic mass is 19.1. The summed E-state index contributed by atoms with van der Waals surface area (Å²) in [4.78, 5) is 2.02. The number of nitrogens with zero attached hydrogens (tertiary/aromatic N) is 1. The van der Waals surface area contributed by atoms with Gasteiger partial charge in [0, 0.05) is 24.8 Å². The average Bonchev–Trinajstić information content (AvgIpc) is 2.49. The minimum Gasteiger partial charge on any atom is -0.339 e. The third-order valence-corrected chi connectivity index (χ3v) is 3.43. The van der Waals surface area contributed by atoms with Crippen LogP contribution < -0.4 is 10.2 Å². The van der Waals surface area contributed by atoms with Crippen LogP contribution in [0.5, 0.6) is 0 Å². The van der Waals surface area contributed by atoms with Crippen molar-refractivity contribution >= 4 is 11.4 Å². The summed E-state index contributed by atoms with van der Waals surface area (Å²) in [5, 5.41) is 3.37. The maximum Gasteiger partial charge on any atom is 0.147 e. The van der Waals surface area contributed by atoms with Gasteiger partial charge in [-0.25, -0.2) is 4.39 Å². The summed E-state index contributed by atoms with van der Waals surface area (Å²) < 4.78 is 14.4. The molecule has 3 heteroatoms. The van der Waals surface area contributed by atoms with Crippen LogP contribution in [0.15, 0.2) is 48.5 Å². The first-order valence-electron chi connectivity index (χ1n) is 7.46. The summed E-state index contributed by atoms with van der Waals surface area (Å²) in [7, 11) is 0. The van der Waals surface area contributed by atoms with Crippen LogP contribution in [0, 0.1) is 5.82 Å². The monoisotopic (exact) mass is 286 g/mol. The Hall–Kier alpha value is -1.87. The molecule has 0 aromatic heterocycles. The van der Waals surface area contributed by atoms with Crippen molar-refractivity contribution in [2.75, 3.05) is 11.4 Å². The van der Waals surface area contributed by atoms with Crippen molar-refractivity contribution in [3.8, 4) is 0 Å². The van der Waals surface area contributed by atoms with Crippen molar-refractivity contribution in [1.29, 1.82) is 0 Å². The van der Waals surface area contributed by atoms with Crippen LogP contribution in [0.4, 0.5) is 15.8 Å². The summed E-state index contributed by atoms with van der Waals surface area (Å²) in [6.07, 6.45) is 0. The Labute approximate surface area is 126 Å². The van der Waals surface area contributed by atoms with E-state index in [1.807, 2.05) is 48.2 Å². The number of para-hydroxylation sites is 2. The van der Waals surface area contributed by atoms with E-state index in [4.69, 9.17) is 0 Å². The maximum atomic E-state index is 14.4. The summed E-state index contributed by atoms with van der Waals surface area (Å²) in [6, 6.07) is 15.6. The van der Waals surface area contributed by atoms with Crippen LogP contribution in [0.3, 0.4) is 0 Å². The second kappa shape index (κ2) is 7.23. The summed E-state index contributed by atoms with van der Waals surface area (Å²) in [5.74, 6) is -0.177. The molecule has 0 saturated heterocycles. The third-order valence-electron chi connectivity index (χ3n) is 3.43. The molecular weight excluding hydrogens is 263 g/mol. The first kappa shape index (κ1) is 15.5. The standard InChI is InChI=1S/C18H23FN2/c1-4-21(16-10-6-5-7-11-16)18-15(13-20-14(2)3)9-8-12-17(18)19/h5-12,14,20H,4,13H2,1-3H3. The Kier molecular flexibility index (Phi) is 5.34. The van der Waals surface area contributed by atoms with E-state index in [1.165, 1.54) is 6.07 Å². The maximum absolute atomic E-state index is 14.4. The van der Waals surface area contributed by atoms with Crippen LogP contribution in [0.2, 0.25) is 0 Å². The van der Waals surface area contributed by atoms with Gasteiger partial charge in [-0.2, -0.15) is 0 Å². The second-order valence-electron chi connectivity index (χ2n) is 5.36. The van der Waals surface area contributed by atoms with Crippen molar-refractivity contribution in [1.82, 2.24) is 5.32 Å². The molecule has 0 bridgehead atoms. The number of hydrogen-bond acceptors (Lipinski definition) is 2. The first-order valence-corrected chi connectivity index (χ1v) is 7.46. The lowest BCUT2D eigenvalue weighted by molar-refractivity contribution is 0.581. The highest BCUT2D eigenvalue weighted by Gasteiger charge is 2.16. The van der Waals surface area contributed by atoms with Crippen LogP contribution in [-0.4, -0.2) is 12.6 Å². The van der Waals surface area contributed by atoms with Gasteiger partial charge in [-0.1, -0.05) is 44.2 Å². The molecule has 0 aliphatic rings. The fourth-order valence-electron chi connectivity index (χ4n) is 2.40. The number of hydrogen-bond donors (Lipinski definition) is 1. The molecular formula is C18H23FN2. The Morgan fingerprint density at radius 3 is 2.38 bits per heavy atom. The van der Waals surface area contributed by atoms with Gasteiger partial charge in [0.1, 0.15) is 5.82 Å². The van der Waals surface area contributed by atoms with Gasteiger partial charge in [-0.3, -0.25) is 0 Å². The SMILES string of the molecule is CCN(c1ccccc1)c1c(F)cccc1CNC(C)C. The molecule has 0 amide bonds. The predicted octanol–water partition coefficient (Wildman–Crippen LogP) is 4.48. The predicted molar refractivity (Wildman–Crippen MR) is 87.5 cm³/mol. The molecule has 21 heavy (non-hydrogen) atoms. The number of rotatable bonds is 6. The van der Waals surface area contributed by atoms with Gasteiger partial charge in [0.15, 0.2) is 0 Å². The van der Waals surface area contributed by atoms with E-state index >= 15 is 0 Å². The van der Waals surface area contributed by atoms with Gasteiger partial charge in [-0.05, 0) is 30.7 Å². The molecule has 0 spiro atoms. The van der Waals surface area contributed by atoms with Crippen molar-refractivity contribution in [3.05, 3.63) is 59.9 Å². The molecule has 0 radical (unpaired) electrons. The summed E-state index contributed by atoms with van der Waals surface area (Å²) >= 11 is 0. The van der Waals surface area contributed by atoms with Crippen LogP contribution >= 0.6 is 0 Å². The normalized spacial score (nSPS) is 10.9. The van der Waals surface area contributed by atoms with Crippen LogP contribution in [0.1, 0.15) is 26.3 Å². The minimum absolute atomic E-state index is 0.177. The second-order valence-corrected chi connectivity index (χ2v) is 5.36. The molecule has 0 atom stereocenters. The largest absolute Gasteiger partial charge is 0.339 e. The van der Waals surface area contributed by atoms with E-state index in [1.54, 1.807) is 6.07 Å². The van der Waals surface area contributed by atoms with Crippen molar-refractivity contribution in [3.63, 3.8) is 0 Å². The molecule has 0 unspecified atom stereocenters. The molecule has 2 nitrogen and oxygen atoms in total. The van der Waals surface area contributed by atoms with Gasteiger partial charge in [0.25, 0.3) is 0 Å². The van der Waals surface area contributed by atoms with Gasteiger partial charge in [-0.15, -0.1) is 0 Å². The molecule has 0 heterocycles. The first-order chi connectivity index (χ1) is 10.1. The van der Waals surface area contributed by atoms with Crippen LogP contribution in [-0.2, 0) is 6.54 Å². The molecule has 2 aromatic rings. The van der Waals surface area contributed by atoms with E-state index in [-0.39, 0.29) is 5.82 Å². The fraction of sp³-hybridized carbons (Fsp3) is 0.333. The lowest BCUT2D eigenvalue weighted by Gasteiger charge is -2.27. The van der Waals surface area contributed by atoms with Gasteiger partial charge < -0.3 is 10.2 Å². The lowest BCUT2D eigenvalue weighted by atomic mass is 10.1. The van der Waals surface area contributed by atoms with Crippen molar-refractivity contribution in [2.45, 2.75) is 33.4 Å². The topological polar surface area (TPSA) is 15.3 Å². The zero-order valence-corrected chi connectivity index (χ0v) is 12.9. The van der Waals surface area contributed by atoms with E-state index in [0.29, 0.717) is 18.3 Å². The lowest BCUT2D eigenvalue weighted by Crippen LogP contribution is -2.25. The smallest absolute Gasteiger partial charge is 0.147 e. The minimum atomic E-state index is -0.177. The molecule has 0 fully saturated rings. The number of benzene rings is 2. The summed E-state index contributed by atoms with van der Waals surface area (Å²) in [5.41, 5.74) is 2.66. The highest BCUT2D eigenvalue weighted by molar-refractivity contribution is 5.67. The zero-order valence-electron chi connectivity index (χ0n) is 12.9. The Morgan fingerprint density at radius 1 is 1.05 bits per heavy atom. The van der Waals surface area contributed by atoms with Crippen LogP contribution in [0.25, 0.3) is 0 Å². The molecule has 112 valence electrons. The van der Waals surface area contributed by atoms with E-state index < -0.39 is 0 Å². The van der Waals surface area contributed by atoms with Crippen molar-refractivity contribution < 1.29 is 4.39 Å². The zero-order chi connectivity index (χ0) is 15.2. The van der Waals surface area contributed by atoms with Crippen molar-refractivity contribution in [2.24, 2.45) is 0 Å². The Bertz CT molecular complexity index is 567. The highest BCUT2D eigenvalue weighted by Crippen LogP contribution is 2.31. The van der Waals surface area contributed by atoms with E-state index in [9.17, 15) is 4.39 Å². The van der Waals surface area contributed by atoms with Gasteiger partial charge in [0.2, 0.25) is 0 Å². The number of nitrogens with one attached hydrogen (secondary N) is 1. The molecule has 2 aromatic carbocycles. The summed E-state index contributed by atoms with van der Waals surface area (Å²) in [6.45, 7) is 7.61. The van der Waals surface area contributed by atoms with E-state index in [2.05, 4.69) is 19.2 Å². The third kappa shape index (κ3) is 3.82. The average molecular weight is 286 g/mol. The molecule has 0 saturated carbocycles. The Morgan fingerprint density at radius 2 is 1.76 bits per heavy atom. The quantitative estimate of drug-likeness (QED) is 0.842. The molecule has 2 rings (SSSR count).